The third kappa shape index (κ3) is 4.61. The summed E-state index contributed by atoms with van der Waals surface area (Å²) in [7, 11) is 0. The second-order valence-corrected chi connectivity index (χ2v) is 5.01. The molecule has 1 amide bonds. The normalized spacial score (nSPS) is 19.1. The van der Waals surface area contributed by atoms with Gasteiger partial charge in [0.2, 0.25) is 5.91 Å². The summed E-state index contributed by atoms with van der Waals surface area (Å²) < 4.78 is 10.5. The van der Waals surface area contributed by atoms with Crippen molar-refractivity contribution in [2.75, 3.05) is 26.4 Å². The molecule has 114 valence electrons. The van der Waals surface area contributed by atoms with Gasteiger partial charge in [-0.05, 0) is 26.2 Å². The first-order valence-electron chi connectivity index (χ1n) is 6.83. The molecular formula is C14H23NO5. The van der Waals surface area contributed by atoms with Crippen LogP contribution in [0, 0.1) is 5.41 Å². The first kappa shape index (κ1) is 16.7. The molecule has 1 atom stereocenters. The lowest BCUT2D eigenvalue weighted by Crippen LogP contribution is -2.48. The number of hydrogen-bond acceptors (Lipinski definition) is 4. The molecule has 1 fully saturated rings. The molecule has 1 rings (SSSR count). The monoisotopic (exact) mass is 285 g/mol. The highest BCUT2D eigenvalue weighted by Gasteiger charge is 2.40. The van der Waals surface area contributed by atoms with Gasteiger partial charge in [-0.1, -0.05) is 6.08 Å². The smallest absolute Gasteiger partial charge is 0.311 e. The first-order valence-corrected chi connectivity index (χ1v) is 6.83. The lowest BCUT2D eigenvalue weighted by Gasteiger charge is -2.33. The number of carboxylic acid groups (broad SMARTS) is 1. The highest BCUT2D eigenvalue weighted by molar-refractivity contribution is 5.82. The topological polar surface area (TPSA) is 84.9 Å². The Morgan fingerprint density at radius 3 is 2.70 bits per heavy atom. The molecule has 0 saturated carbocycles. The molecular weight excluding hydrogens is 262 g/mol. The summed E-state index contributed by atoms with van der Waals surface area (Å²) >= 11 is 0. The van der Waals surface area contributed by atoms with Crippen LogP contribution in [-0.4, -0.2) is 49.5 Å². The molecule has 0 spiro atoms. The van der Waals surface area contributed by atoms with E-state index in [4.69, 9.17) is 9.47 Å². The van der Waals surface area contributed by atoms with E-state index in [1.165, 1.54) is 0 Å². The summed E-state index contributed by atoms with van der Waals surface area (Å²) in [5.74, 6) is -1.18. The van der Waals surface area contributed by atoms with Gasteiger partial charge in [0.05, 0.1) is 12.0 Å². The van der Waals surface area contributed by atoms with Gasteiger partial charge >= 0.3 is 5.97 Å². The van der Waals surface area contributed by atoms with Crippen molar-refractivity contribution >= 4 is 11.9 Å². The largest absolute Gasteiger partial charge is 0.481 e. The molecule has 0 aromatic carbocycles. The molecule has 1 unspecified atom stereocenters. The summed E-state index contributed by atoms with van der Waals surface area (Å²) in [5, 5.41) is 12.0. The van der Waals surface area contributed by atoms with Gasteiger partial charge in [0, 0.05) is 19.8 Å². The van der Waals surface area contributed by atoms with E-state index in [0.717, 1.165) is 0 Å². The fraction of sp³-hybridized carbons (Fsp3) is 0.714. The van der Waals surface area contributed by atoms with Crippen LogP contribution in [-0.2, 0) is 19.1 Å². The number of nitrogens with one attached hydrogen (secondary N) is 1. The van der Waals surface area contributed by atoms with Crippen LogP contribution in [0.25, 0.3) is 0 Å². The molecule has 0 aromatic heterocycles. The molecule has 1 aliphatic rings. The Balaban J connectivity index is 2.44. The molecule has 6 nitrogen and oxygen atoms in total. The molecule has 0 bridgehead atoms. The molecule has 0 aromatic rings. The summed E-state index contributed by atoms with van der Waals surface area (Å²) in [6.07, 6.45) is 2.61. The molecule has 2 N–H and O–H groups in total. The molecule has 20 heavy (non-hydrogen) atoms. The maximum atomic E-state index is 11.9. The van der Waals surface area contributed by atoms with Gasteiger partial charge < -0.3 is 19.9 Å². The van der Waals surface area contributed by atoms with E-state index < -0.39 is 17.5 Å². The summed E-state index contributed by atoms with van der Waals surface area (Å²) in [5.41, 5.74) is -0.922. The van der Waals surface area contributed by atoms with E-state index in [2.05, 4.69) is 11.9 Å². The predicted octanol–water partition coefficient (Wildman–Crippen LogP) is 0.965. The predicted molar refractivity (Wildman–Crippen MR) is 73.4 cm³/mol. The molecule has 0 aliphatic carbocycles. The van der Waals surface area contributed by atoms with Crippen LogP contribution in [0.3, 0.4) is 0 Å². The first-order chi connectivity index (χ1) is 9.52. The summed E-state index contributed by atoms with van der Waals surface area (Å²) in [6, 6.07) is 0. The Hall–Kier alpha value is -1.40. The molecule has 1 saturated heterocycles. The van der Waals surface area contributed by atoms with Crippen molar-refractivity contribution in [2.45, 2.75) is 32.3 Å². The van der Waals surface area contributed by atoms with Crippen LogP contribution in [0.15, 0.2) is 12.7 Å². The molecule has 1 heterocycles. The van der Waals surface area contributed by atoms with E-state index in [1.54, 1.807) is 13.0 Å². The number of aliphatic carboxylic acids is 1. The average Bonchev–Trinajstić information content (AvgIpc) is 2.45. The van der Waals surface area contributed by atoms with Crippen LogP contribution in [0.4, 0.5) is 0 Å². The van der Waals surface area contributed by atoms with E-state index >= 15 is 0 Å². The highest BCUT2D eigenvalue weighted by atomic mass is 16.5. The molecule has 1 aliphatic heterocycles. The zero-order chi connectivity index (χ0) is 15.0. The van der Waals surface area contributed by atoms with E-state index in [1.807, 2.05) is 0 Å². The molecule has 6 heteroatoms. The second kappa shape index (κ2) is 8.01. The number of carbonyl (C=O) groups excluding carboxylic acids is 1. The van der Waals surface area contributed by atoms with Crippen LogP contribution < -0.4 is 5.32 Å². The lowest BCUT2D eigenvalue weighted by molar-refractivity contribution is -0.155. The lowest BCUT2D eigenvalue weighted by atomic mass is 9.80. The number of carboxylic acids is 1. The third-order valence-corrected chi connectivity index (χ3v) is 3.56. The Bertz CT molecular complexity index is 349. The minimum Gasteiger partial charge on any atom is -0.481 e. The van der Waals surface area contributed by atoms with Crippen molar-refractivity contribution in [3.8, 4) is 0 Å². The number of amides is 1. The van der Waals surface area contributed by atoms with E-state index in [9.17, 15) is 14.7 Å². The molecule has 0 radical (unpaired) electrons. The average molecular weight is 285 g/mol. The third-order valence-electron chi connectivity index (χ3n) is 3.56. The standard InChI is InChI=1S/C14H23NO5/c1-3-4-7-20-11(2)12(16)15-10-14(13(17)18)5-8-19-9-6-14/h3,11H,1,4-10H2,2H3,(H,15,16)(H,17,18). The van der Waals surface area contributed by atoms with Crippen molar-refractivity contribution in [3.63, 3.8) is 0 Å². The van der Waals surface area contributed by atoms with Crippen molar-refractivity contribution in [1.29, 1.82) is 0 Å². The van der Waals surface area contributed by atoms with Crippen molar-refractivity contribution < 1.29 is 24.2 Å². The Morgan fingerprint density at radius 2 is 2.15 bits per heavy atom. The quantitative estimate of drug-likeness (QED) is 0.512. The van der Waals surface area contributed by atoms with Crippen LogP contribution in [0.1, 0.15) is 26.2 Å². The Labute approximate surface area is 119 Å². The number of ether oxygens (including phenoxy) is 2. The maximum absolute atomic E-state index is 11.9. The van der Waals surface area contributed by atoms with Crippen molar-refractivity contribution in [2.24, 2.45) is 5.41 Å². The fourth-order valence-corrected chi connectivity index (χ4v) is 2.03. The van der Waals surface area contributed by atoms with Gasteiger partial charge in [0.15, 0.2) is 0 Å². The van der Waals surface area contributed by atoms with Crippen molar-refractivity contribution in [1.82, 2.24) is 5.32 Å². The van der Waals surface area contributed by atoms with Crippen LogP contribution in [0.5, 0.6) is 0 Å². The number of carbonyl (C=O) groups is 2. The Kier molecular flexibility index (Phi) is 6.67. The zero-order valence-electron chi connectivity index (χ0n) is 11.9. The van der Waals surface area contributed by atoms with Gasteiger partial charge in [-0.2, -0.15) is 0 Å². The van der Waals surface area contributed by atoms with Gasteiger partial charge in [0.1, 0.15) is 6.10 Å². The van der Waals surface area contributed by atoms with Gasteiger partial charge in [-0.15, -0.1) is 6.58 Å². The van der Waals surface area contributed by atoms with Gasteiger partial charge in [0.25, 0.3) is 0 Å². The summed E-state index contributed by atoms with van der Waals surface area (Å²) in [4.78, 5) is 23.3. The van der Waals surface area contributed by atoms with Crippen LogP contribution in [0.2, 0.25) is 0 Å². The minimum absolute atomic E-state index is 0.111. The van der Waals surface area contributed by atoms with E-state index in [0.29, 0.717) is 39.1 Å². The zero-order valence-corrected chi connectivity index (χ0v) is 11.9. The minimum atomic E-state index is -0.922. The number of hydrogen-bond donors (Lipinski definition) is 2. The Morgan fingerprint density at radius 1 is 1.50 bits per heavy atom. The maximum Gasteiger partial charge on any atom is 0.311 e. The van der Waals surface area contributed by atoms with Crippen molar-refractivity contribution in [3.05, 3.63) is 12.7 Å². The van der Waals surface area contributed by atoms with Gasteiger partial charge in [-0.3, -0.25) is 9.59 Å². The SMILES string of the molecule is C=CCCOC(C)C(=O)NCC1(C(=O)O)CCOCC1. The second-order valence-electron chi connectivity index (χ2n) is 5.01. The van der Waals surface area contributed by atoms with Crippen LogP contribution >= 0.6 is 0 Å². The van der Waals surface area contributed by atoms with E-state index in [-0.39, 0.29) is 12.5 Å². The highest BCUT2D eigenvalue weighted by Crippen LogP contribution is 2.30. The number of rotatable bonds is 8. The summed E-state index contributed by atoms with van der Waals surface area (Å²) in [6.45, 7) is 6.58. The van der Waals surface area contributed by atoms with Gasteiger partial charge in [-0.25, -0.2) is 0 Å². The fourth-order valence-electron chi connectivity index (χ4n) is 2.03.